The summed E-state index contributed by atoms with van der Waals surface area (Å²) in [4.78, 5) is 2.49. The van der Waals surface area contributed by atoms with Crippen molar-refractivity contribution in [2.24, 2.45) is 0 Å². The Morgan fingerprint density at radius 2 is 2.05 bits per heavy atom. The minimum atomic E-state index is -3.50. The molecule has 1 aliphatic rings. The number of ether oxygens (including phenoxy) is 2. The van der Waals surface area contributed by atoms with Crippen molar-refractivity contribution in [1.82, 2.24) is 9.62 Å². The van der Waals surface area contributed by atoms with E-state index in [0.717, 1.165) is 18.7 Å². The van der Waals surface area contributed by atoms with Crippen LogP contribution in [-0.4, -0.2) is 59.3 Å². The molecule has 0 spiro atoms. The van der Waals surface area contributed by atoms with Crippen LogP contribution >= 0.6 is 0 Å². The Kier molecular flexibility index (Phi) is 5.80. The van der Waals surface area contributed by atoms with E-state index in [9.17, 15) is 8.42 Å². The number of nitrogens with one attached hydrogen (secondary N) is 1. The SMILES string of the molecule is COc1ccc(S(=O)(=O)NC[C@H](C)N2CCOCC2)cc1C. The van der Waals surface area contributed by atoms with Gasteiger partial charge in [-0.05, 0) is 37.6 Å². The molecule has 0 bridgehead atoms. The van der Waals surface area contributed by atoms with E-state index in [-0.39, 0.29) is 10.9 Å². The van der Waals surface area contributed by atoms with Crippen molar-refractivity contribution >= 4 is 10.0 Å². The number of nitrogens with zero attached hydrogens (tertiary/aromatic N) is 1. The molecule has 0 radical (unpaired) electrons. The zero-order valence-electron chi connectivity index (χ0n) is 13.3. The van der Waals surface area contributed by atoms with E-state index in [0.29, 0.717) is 25.5 Å². The zero-order valence-corrected chi connectivity index (χ0v) is 14.1. The molecule has 1 fully saturated rings. The summed E-state index contributed by atoms with van der Waals surface area (Å²) in [7, 11) is -1.94. The maximum Gasteiger partial charge on any atom is 0.240 e. The Morgan fingerprint density at radius 1 is 1.36 bits per heavy atom. The highest BCUT2D eigenvalue weighted by molar-refractivity contribution is 7.89. The van der Waals surface area contributed by atoms with E-state index < -0.39 is 10.0 Å². The van der Waals surface area contributed by atoms with Crippen LogP contribution in [0.1, 0.15) is 12.5 Å². The van der Waals surface area contributed by atoms with Crippen LogP contribution in [0.4, 0.5) is 0 Å². The number of morpholine rings is 1. The second-order valence-electron chi connectivity index (χ2n) is 5.48. The Balaban J connectivity index is 1.99. The van der Waals surface area contributed by atoms with E-state index in [1.807, 2.05) is 13.8 Å². The van der Waals surface area contributed by atoms with Gasteiger partial charge in [-0.3, -0.25) is 4.90 Å². The van der Waals surface area contributed by atoms with Crippen LogP contribution in [0.25, 0.3) is 0 Å². The normalized spacial score (nSPS) is 18.1. The highest BCUT2D eigenvalue weighted by Crippen LogP contribution is 2.21. The molecule has 1 atom stereocenters. The molecule has 22 heavy (non-hydrogen) atoms. The maximum absolute atomic E-state index is 12.4. The first kappa shape index (κ1) is 17.2. The predicted octanol–water partition coefficient (Wildman–Crippen LogP) is 1.00. The molecule has 1 aromatic carbocycles. The first-order valence-electron chi connectivity index (χ1n) is 7.40. The fourth-order valence-corrected chi connectivity index (χ4v) is 3.69. The van der Waals surface area contributed by atoms with Gasteiger partial charge in [0.15, 0.2) is 0 Å². The Bertz CT molecular complexity index is 598. The molecule has 0 saturated carbocycles. The van der Waals surface area contributed by atoms with Crippen molar-refractivity contribution in [2.75, 3.05) is 40.0 Å². The molecule has 7 heteroatoms. The number of aryl methyl sites for hydroxylation is 1. The van der Waals surface area contributed by atoms with Crippen LogP contribution < -0.4 is 9.46 Å². The van der Waals surface area contributed by atoms with Crippen molar-refractivity contribution in [2.45, 2.75) is 24.8 Å². The third-order valence-electron chi connectivity index (χ3n) is 3.91. The minimum absolute atomic E-state index is 0.137. The van der Waals surface area contributed by atoms with Crippen LogP contribution in [0.2, 0.25) is 0 Å². The van der Waals surface area contributed by atoms with Gasteiger partial charge in [0.2, 0.25) is 10.0 Å². The highest BCUT2D eigenvalue weighted by Gasteiger charge is 2.20. The van der Waals surface area contributed by atoms with Crippen LogP contribution in [0.5, 0.6) is 5.75 Å². The summed E-state index contributed by atoms with van der Waals surface area (Å²) in [5.74, 6) is 0.681. The molecule has 0 amide bonds. The average molecular weight is 328 g/mol. The lowest BCUT2D eigenvalue weighted by molar-refractivity contribution is 0.0213. The first-order chi connectivity index (χ1) is 10.4. The van der Waals surface area contributed by atoms with Gasteiger partial charge in [-0.2, -0.15) is 0 Å². The van der Waals surface area contributed by atoms with Gasteiger partial charge in [0.25, 0.3) is 0 Å². The number of methoxy groups -OCH3 is 1. The Labute approximate surface area is 132 Å². The summed E-state index contributed by atoms with van der Waals surface area (Å²) in [5.41, 5.74) is 0.798. The number of hydrogen-bond donors (Lipinski definition) is 1. The molecule has 1 saturated heterocycles. The molecule has 1 aliphatic heterocycles. The van der Waals surface area contributed by atoms with Crippen molar-refractivity contribution in [3.8, 4) is 5.75 Å². The number of rotatable bonds is 6. The fourth-order valence-electron chi connectivity index (χ4n) is 2.48. The van der Waals surface area contributed by atoms with Gasteiger partial charge in [0, 0.05) is 25.7 Å². The quantitative estimate of drug-likeness (QED) is 0.844. The van der Waals surface area contributed by atoms with Crippen molar-refractivity contribution < 1.29 is 17.9 Å². The lowest BCUT2D eigenvalue weighted by Crippen LogP contribution is -2.47. The summed E-state index contributed by atoms with van der Waals surface area (Å²) in [5, 5.41) is 0. The van der Waals surface area contributed by atoms with E-state index in [1.165, 1.54) is 0 Å². The van der Waals surface area contributed by atoms with Gasteiger partial charge in [0.05, 0.1) is 25.2 Å². The standard InChI is InChI=1S/C15H24N2O4S/c1-12-10-14(4-5-15(12)20-3)22(18,19)16-11-13(2)17-6-8-21-9-7-17/h4-5,10,13,16H,6-9,11H2,1-3H3/t13-/m0/s1. The molecule has 6 nitrogen and oxygen atoms in total. The molecular formula is C15H24N2O4S. The second-order valence-corrected chi connectivity index (χ2v) is 7.25. The first-order valence-corrected chi connectivity index (χ1v) is 8.88. The van der Waals surface area contributed by atoms with Crippen LogP contribution in [-0.2, 0) is 14.8 Å². The van der Waals surface area contributed by atoms with Gasteiger partial charge in [-0.1, -0.05) is 0 Å². The Morgan fingerprint density at radius 3 is 2.64 bits per heavy atom. The molecule has 2 rings (SSSR count). The molecule has 0 aromatic heterocycles. The smallest absolute Gasteiger partial charge is 0.240 e. The van der Waals surface area contributed by atoms with E-state index in [4.69, 9.17) is 9.47 Å². The van der Waals surface area contributed by atoms with Crippen molar-refractivity contribution in [1.29, 1.82) is 0 Å². The largest absolute Gasteiger partial charge is 0.496 e. The molecule has 0 aliphatic carbocycles. The molecule has 124 valence electrons. The summed E-state index contributed by atoms with van der Waals surface area (Å²) < 4.78 is 37.9. The third kappa shape index (κ3) is 4.19. The minimum Gasteiger partial charge on any atom is -0.496 e. The Hall–Kier alpha value is -1.15. The van der Waals surface area contributed by atoms with Gasteiger partial charge in [-0.15, -0.1) is 0 Å². The van der Waals surface area contributed by atoms with Crippen LogP contribution in [0, 0.1) is 6.92 Å². The summed E-state index contributed by atoms with van der Waals surface area (Å²) in [6.07, 6.45) is 0. The van der Waals surface area contributed by atoms with E-state index in [2.05, 4.69) is 9.62 Å². The molecule has 1 N–H and O–H groups in total. The molecule has 1 aromatic rings. The van der Waals surface area contributed by atoms with E-state index >= 15 is 0 Å². The van der Waals surface area contributed by atoms with Gasteiger partial charge >= 0.3 is 0 Å². The number of hydrogen-bond acceptors (Lipinski definition) is 5. The lowest BCUT2D eigenvalue weighted by atomic mass is 10.2. The number of benzene rings is 1. The zero-order chi connectivity index (χ0) is 16.2. The molecule has 1 heterocycles. The van der Waals surface area contributed by atoms with Gasteiger partial charge < -0.3 is 9.47 Å². The average Bonchev–Trinajstić information content (AvgIpc) is 2.53. The molecular weight excluding hydrogens is 304 g/mol. The summed E-state index contributed by atoms with van der Waals surface area (Å²) in [6, 6.07) is 5.00. The summed E-state index contributed by atoms with van der Waals surface area (Å²) in [6.45, 7) is 7.31. The maximum atomic E-state index is 12.4. The lowest BCUT2D eigenvalue weighted by Gasteiger charge is -2.32. The van der Waals surface area contributed by atoms with Crippen molar-refractivity contribution in [3.63, 3.8) is 0 Å². The van der Waals surface area contributed by atoms with Crippen LogP contribution in [0.3, 0.4) is 0 Å². The van der Waals surface area contributed by atoms with Crippen molar-refractivity contribution in [3.05, 3.63) is 23.8 Å². The van der Waals surface area contributed by atoms with E-state index in [1.54, 1.807) is 25.3 Å². The third-order valence-corrected chi connectivity index (χ3v) is 5.34. The van der Waals surface area contributed by atoms with Crippen LogP contribution in [0.15, 0.2) is 23.1 Å². The monoisotopic (exact) mass is 328 g/mol. The highest BCUT2D eigenvalue weighted by atomic mass is 32.2. The predicted molar refractivity (Wildman–Crippen MR) is 84.8 cm³/mol. The topological polar surface area (TPSA) is 67.9 Å². The fraction of sp³-hybridized carbons (Fsp3) is 0.600. The summed E-state index contributed by atoms with van der Waals surface area (Å²) >= 11 is 0. The van der Waals surface area contributed by atoms with Gasteiger partial charge in [-0.25, -0.2) is 13.1 Å². The second kappa shape index (κ2) is 7.41. The van der Waals surface area contributed by atoms with Gasteiger partial charge in [0.1, 0.15) is 5.75 Å². The number of sulfonamides is 1. The molecule has 0 unspecified atom stereocenters.